The predicted molar refractivity (Wildman–Crippen MR) is 133 cm³/mol. The summed E-state index contributed by atoms with van der Waals surface area (Å²) in [7, 11) is 4.50. The summed E-state index contributed by atoms with van der Waals surface area (Å²) in [6.07, 6.45) is 1.46. The van der Waals surface area contributed by atoms with Crippen molar-refractivity contribution in [2.24, 2.45) is 5.10 Å². The fraction of sp³-hybridized carbons (Fsp3) is 0.167. The van der Waals surface area contributed by atoms with Crippen molar-refractivity contribution in [3.63, 3.8) is 0 Å². The second-order valence-electron chi connectivity index (χ2n) is 7.05. The van der Waals surface area contributed by atoms with E-state index in [4.69, 9.17) is 18.9 Å². The summed E-state index contributed by atoms with van der Waals surface area (Å²) in [5, 5.41) is 14.8. The smallest absolute Gasteiger partial charge is 0.271 e. The van der Waals surface area contributed by atoms with Crippen molar-refractivity contribution in [3.8, 4) is 23.0 Å². The number of halogens is 1. The van der Waals surface area contributed by atoms with Gasteiger partial charge in [0.05, 0.1) is 36.9 Å². The van der Waals surface area contributed by atoms with Crippen molar-refractivity contribution < 1.29 is 28.7 Å². The summed E-state index contributed by atoms with van der Waals surface area (Å²) in [5.41, 5.74) is 4.19. The molecule has 0 fully saturated rings. The lowest BCUT2D eigenvalue weighted by molar-refractivity contribution is -0.384. The van der Waals surface area contributed by atoms with Gasteiger partial charge >= 0.3 is 0 Å². The van der Waals surface area contributed by atoms with E-state index in [1.54, 1.807) is 42.5 Å². The van der Waals surface area contributed by atoms with Crippen LogP contribution in [0.25, 0.3) is 0 Å². The molecule has 0 saturated carbocycles. The molecule has 11 heteroatoms. The number of carbonyl (C=O) groups excluding carboxylic acids is 1. The number of nitro benzene ring substituents is 1. The minimum absolute atomic E-state index is 0.00813. The van der Waals surface area contributed by atoms with Crippen LogP contribution in [0.15, 0.2) is 64.2 Å². The lowest BCUT2D eigenvalue weighted by Crippen LogP contribution is -2.17. The van der Waals surface area contributed by atoms with Gasteiger partial charge in [0.25, 0.3) is 11.6 Å². The molecular weight excluding hydrogens is 522 g/mol. The molecule has 1 amide bonds. The topological polar surface area (TPSA) is 122 Å². The Labute approximate surface area is 209 Å². The molecule has 1 N–H and O–H groups in total. The molecule has 0 spiro atoms. The molecule has 0 unspecified atom stereocenters. The Balaban J connectivity index is 1.69. The maximum atomic E-state index is 12.5. The molecule has 0 atom stereocenters. The van der Waals surface area contributed by atoms with Gasteiger partial charge in [-0.15, -0.1) is 0 Å². The standard InChI is InChI=1S/C24H22BrN3O7/c1-32-19-10-17(11-20(12-19)33-2)24(29)27-26-13-16-8-21(25)23(22(9-16)34-3)35-14-15-4-6-18(7-5-15)28(30)31/h4-13H,14H2,1-3H3,(H,27,29)/b26-13-. The Kier molecular flexibility index (Phi) is 8.63. The van der Waals surface area contributed by atoms with E-state index in [0.717, 1.165) is 5.56 Å². The number of methoxy groups -OCH3 is 3. The molecule has 35 heavy (non-hydrogen) atoms. The first-order chi connectivity index (χ1) is 16.8. The highest BCUT2D eigenvalue weighted by Crippen LogP contribution is 2.37. The number of nitrogens with zero attached hydrogens (tertiary/aromatic N) is 2. The van der Waals surface area contributed by atoms with Crippen molar-refractivity contribution in [3.05, 3.63) is 85.9 Å². The first-order valence-corrected chi connectivity index (χ1v) is 10.9. The molecule has 0 heterocycles. The van der Waals surface area contributed by atoms with Crippen molar-refractivity contribution in [2.75, 3.05) is 21.3 Å². The first-order valence-electron chi connectivity index (χ1n) is 10.1. The minimum atomic E-state index is -0.458. The van der Waals surface area contributed by atoms with E-state index < -0.39 is 10.8 Å². The summed E-state index contributed by atoms with van der Waals surface area (Å²) in [6.45, 7) is 0.181. The molecule has 0 radical (unpaired) electrons. The fourth-order valence-electron chi connectivity index (χ4n) is 2.99. The van der Waals surface area contributed by atoms with E-state index >= 15 is 0 Å². The first kappa shape index (κ1) is 25.5. The number of benzene rings is 3. The Hall–Kier alpha value is -4.12. The van der Waals surface area contributed by atoms with Gasteiger partial charge in [0, 0.05) is 23.8 Å². The van der Waals surface area contributed by atoms with Crippen LogP contribution in [-0.2, 0) is 6.61 Å². The molecule has 0 bridgehead atoms. The molecule has 3 aromatic carbocycles. The van der Waals surface area contributed by atoms with Crippen LogP contribution in [0.2, 0.25) is 0 Å². The van der Waals surface area contributed by atoms with E-state index in [-0.39, 0.29) is 12.3 Å². The molecule has 3 rings (SSSR count). The van der Waals surface area contributed by atoms with Crippen LogP contribution in [0, 0.1) is 10.1 Å². The van der Waals surface area contributed by atoms with Gasteiger partial charge in [-0.2, -0.15) is 5.10 Å². The van der Waals surface area contributed by atoms with Gasteiger partial charge in [-0.05, 0) is 63.5 Å². The van der Waals surface area contributed by atoms with Crippen molar-refractivity contribution in [2.45, 2.75) is 6.61 Å². The van der Waals surface area contributed by atoms with Gasteiger partial charge in [0.2, 0.25) is 0 Å². The molecule has 0 saturated heterocycles. The Morgan fingerprint density at radius 3 is 2.26 bits per heavy atom. The maximum Gasteiger partial charge on any atom is 0.271 e. The number of rotatable bonds is 10. The molecule has 3 aromatic rings. The normalized spacial score (nSPS) is 10.6. The highest BCUT2D eigenvalue weighted by Gasteiger charge is 2.13. The van der Waals surface area contributed by atoms with E-state index in [0.29, 0.717) is 38.6 Å². The third-order valence-corrected chi connectivity index (χ3v) is 5.36. The zero-order chi connectivity index (χ0) is 25.4. The number of ether oxygens (including phenoxy) is 4. The maximum absolute atomic E-state index is 12.5. The zero-order valence-corrected chi connectivity index (χ0v) is 20.7. The molecule has 0 aliphatic rings. The Morgan fingerprint density at radius 1 is 1.03 bits per heavy atom. The van der Waals surface area contributed by atoms with Gasteiger partial charge in [-0.3, -0.25) is 14.9 Å². The largest absolute Gasteiger partial charge is 0.497 e. The van der Waals surface area contributed by atoms with E-state index in [9.17, 15) is 14.9 Å². The number of carbonyl (C=O) groups is 1. The molecule has 0 aliphatic carbocycles. The fourth-order valence-corrected chi connectivity index (χ4v) is 3.57. The van der Waals surface area contributed by atoms with Crippen LogP contribution < -0.4 is 24.4 Å². The number of non-ortho nitro benzene ring substituents is 1. The van der Waals surface area contributed by atoms with Gasteiger partial charge in [0.15, 0.2) is 11.5 Å². The van der Waals surface area contributed by atoms with Gasteiger partial charge in [-0.1, -0.05) is 0 Å². The number of amides is 1. The second-order valence-corrected chi connectivity index (χ2v) is 7.90. The highest BCUT2D eigenvalue weighted by molar-refractivity contribution is 9.10. The zero-order valence-electron chi connectivity index (χ0n) is 19.1. The molecule has 0 aromatic heterocycles. The van der Waals surface area contributed by atoms with Crippen molar-refractivity contribution >= 4 is 33.7 Å². The number of hydrazone groups is 1. The summed E-state index contributed by atoms with van der Waals surface area (Å²) in [4.78, 5) is 22.8. The third-order valence-electron chi connectivity index (χ3n) is 4.78. The van der Waals surface area contributed by atoms with E-state index in [1.807, 2.05) is 0 Å². The number of nitrogens with one attached hydrogen (secondary N) is 1. The van der Waals surface area contributed by atoms with Crippen LogP contribution >= 0.6 is 15.9 Å². The van der Waals surface area contributed by atoms with Crippen molar-refractivity contribution in [1.82, 2.24) is 5.43 Å². The second kappa shape index (κ2) is 11.8. The number of hydrogen-bond acceptors (Lipinski definition) is 8. The predicted octanol–water partition coefficient (Wildman–Crippen LogP) is 4.73. The average molecular weight is 544 g/mol. The Morgan fingerprint density at radius 2 is 1.69 bits per heavy atom. The summed E-state index contributed by atoms with van der Waals surface area (Å²) in [6, 6.07) is 14.3. The highest BCUT2D eigenvalue weighted by atomic mass is 79.9. The minimum Gasteiger partial charge on any atom is -0.497 e. The lowest BCUT2D eigenvalue weighted by Gasteiger charge is -2.13. The van der Waals surface area contributed by atoms with Gasteiger partial charge < -0.3 is 18.9 Å². The van der Waals surface area contributed by atoms with Crippen LogP contribution in [0.1, 0.15) is 21.5 Å². The van der Waals surface area contributed by atoms with Crippen LogP contribution in [0.3, 0.4) is 0 Å². The van der Waals surface area contributed by atoms with E-state index in [1.165, 1.54) is 39.7 Å². The van der Waals surface area contributed by atoms with Crippen LogP contribution in [0.4, 0.5) is 5.69 Å². The Bertz CT molecular complexity index is 1220. The van der Waals surface area contributed by atoms with Gasteiger partial charge in [0.1, 0.15) is 18.1 Å². The summed E-state index contributed by atoms with van der Waals surface area (Å²) < 4.78 is 22.3. The summed E-state index contributed by atoms with van der Waals surface area (Å²) >= 11 is 3.46. The van der Waals surface area contributed by atoms with Crippen molar-refractivity contribution in [1.29, 1.82) is 0 Å². The SMILES string of the molecule is COc1cc(OC)cc(C(=O)N/N=C\c2cc(Br)c(OCc3ccc([N+](=O)[O-])cc3)c(OC)c2)c1. The quantitative estimate of drug-likeness (QED) is 0.223. The number of nitro groups is 1. The van der Waals surface area contributed by atoms with Gasteiger partial charge in [-0.25, -0.2) is 5.43 Å². The monoisotopic (exact) mass is 543 g/mol. The van der Waals surface area contributed by atoms with Crippen LogP contribution in [0.5, 0.6) is 23.0 Å². The molecule has 10 nitrogen and oxygen atoms in total. The number of hydrogen-bond donors (Lipinski definition) is 1. The van der Waals surface area contributed by atoms with E-state index in [2.05, 4.69) is 26.5 Å². The average Bonchev–Trinajstić information content (AvgIpc) is 2.87. The lowest BCUT2D eigenvalue weighted by atomic mass is 10.2. The molecule has 0 aliphatic heterocycles. The molecular formula is C24H22BrN3O7. The van der Waals surface area contributed by atoms with Crippen LogP contribution in [-0.4, -0.2) is 38.4 Å². The summed E-state index contributed by atoms with van der Waals surface area (Å²) in [5.74, 6) is 1.42. The third kappa shape index (κ3) is 6.70. The molecule has 182 valence electrons.